The van der Waals surface area contributed by atoms with Gasteiger partial charge in [0.15, 0.2) is 0 Å². The second kappa shape index (κ2) is 4.93. The Morgan fingerprint density at radius 2 is 2.31 bits per heavy atom. The van der Waals surface area contributed by atoms with Crippen molar-refractivity contribution in [1.82, 2.24) is 10.3 Å². The number of nitrogens with zero attached hydrogens (tertiary/aromatic N) is 1. The molecule has 16 heavy (non-hydrogen) atoms. The summed E-state index contributed by atoms with van der Waals surface area (Å²) >= 11 is 0. The number of aromatic nitrogens is 1. The average molecular weight is 220 g/mol. The van der Waals surface area contributed by atoms with Crippen LogP contribution < -0.4 is 5.32 Å². The maximum absolute atomic E-state index is 10.6. The van der Waals surface area contributed by atoms with Crippen molar-refractivity contribution < 1.29 is 5.11 Å². The molecule has 3 heteroatoms. The van der Waals surface area contributed by atoms with Crippen LogP contribution in [0.1, 0.15) is 38.2 Å². The van der Waals surface area contributed by atoms with E-state index < -0.39 is 5.60 Å². The second-order valence-electron chi connectivity index (χ2n) is 4.75. The highest BCUT2D eigenvalue weighted by Gasteiger charge is 2.33. The molecule has 1 aliphatic rings. The van der Waals surface area contributed by atoms with Gasteiger partial charge in [-0.05, 0) is 32.4 Å². The molecule has 0 bridgehead atoms. The molecule has 0 aromatic carbocycles. The van der Waals surface area contributed by atoms with Gasteiger partial charge in [-0.2, -0.15) is 0 Å². The van der Waals surface area contributed by atoms with Crippen LogP contribution in [0.5, 0.6) is 0 Å². The number of rotatable bonds is 2. The molecule has 1 fully saturated rings. The first kappa shape index (κ1) is 11.6. The Kier molecular flexibility index (Phi) is 3.56. The summed E-state index contributed by atoms with van der Waals surface area (Å²) in [6.45, 7) is 2.88. The van der Waals surface area contributed by atoms with Crippen LogP contribution in [0.4, 0.5) is 0 Å². The first-order chi connectivity index (χ1) is 7.71. The number of nitrogens with one attached hydrogen (secondary N) is 1. The van der Waals surface area contributed by atoms with Crippen LogP contribution in [0, 0.1) is 0 Å². The van der Waals surface area contributed by atoms with Crippen molar-refractivity contribution in [2.45, 2.75) is 44.2 Å². The molecule has 2 N–H and O–H groups in total. The molecule has 0 spiro atoms. The molecular formula is C13H20N2O. The first-order valence-electron chi connectivity index (χ1n) is 6.07. The summed E-state index contributed by atoms with van der Waals surface area (Å²) in [5.41, 5.74) is 0.0768. The molecule has 0 saturated carbocycles. The van der Waals surface area contributed by atoms with Crippen molar-refractivity contribution in [2.24, 2.45) is 0 Å². The van der Waals surface area contributed by atoms with Crippen molar-refractivity contribution in [2.75, 3.05) is 6.54 Å². The Balaban J connectivity index is 2.16. The molecule has 2 atom stereocenters. The summed E-state index contributed by atoms with van der Waals surface area (Å²) in [6.07, 6.45) is 8.18. The molecule has 1 aliphatic heterocycles. The summed E-state index contributed by atoms with van der Waals surface area (Å²) in [6, 6.07) is 3.96. The maximum atomic E-state index is 10.6. The van der Waals surface area contributed by atoms with Gasteiger partial charge in [0, 0.05) is 24.0 Å². The zero-order valence-electron chi connectivity index (χ0n) is 9.82. The van der Waals surface area contributed by atoms with Crippen LogP contribution in [-0.2, 0) is 5.60 Å². The van der Waals surface area contributed by atoms with Crippen LogP contribution in [0.25, 0.3) is 0 Å². The molecule has 0 radical (unpaired) electrons. The van der Waals surface area contributed by atoms with Crippen molar-refractivity contribution in [3.63, 3.8) is 0 Å². The molecule has 0 aliphatic carbocycles. The van der Waals surface area contributed by atoms with Crippen LogP contribution in [-0.4, -0.2) is 22.7 Å². The third-order valence-electron chi connectivity index (χ3n) is 3.48. The zero-order chi connectivity index (χ0) is 11.4. The average Bonchev–Trinajstić information content (AvgIpc) is 2.59. The molecule has 1 aromatic heterocycles. The fourth-order valence-electron chi connectivity index (χ4n) is 2.37. The van der Waals surface area contributed by atoms with E-state index in [4.69, 9.17) is 0 Å². The summed E-state index contributed by atoms with van der Waals surface area (Å²) in [4.78, 5) is 4.08. The van der Waals surface area contributed by atoms with Crippen molar-refractivity contribution in [3.05, 3.63) is 30.1 Å². The predicted octanol–water partition coefficient (Wildman–Crippen LogP) is 1.82. The van der Waals surface area contributed by atoms with Gasteiger partial charge in [0.05, 0.1) is 0 Å². The van der Waals surface area contributed by atoms with Gasteiger partial charge in [0.2, 0.25) is 0 Å². The monoisotopic (exact) mass is 220 g/mol. The Bertz CT molecular complexity index is 316. The lowest BCUT2D eigenvalue weighted by Crippen LogP contribution is -2.46. The van der Waals surface area contributed by atoms with E-state index in [1.165, 1.54) is 19.3 Å². The normalized spacial score (nSPS) is 25.8. The highest BCUT2D eigenvalue weighted by atomic mass is 16.3. The minimum Gasteiger partial charge on any atom is -0.384 e. The summed E-state index contributed by atoms with van der Waals surface area (Å²) in [5, 5.41) is 14.1. The SMILES string of the molecule is CC(O)(c1cccnc1)C1CCCCCN1. The molecular weight excluding hydrogens is 200 g/mol. The van der Waals surface area contributed by atoms with Gasteiger partial charge in [-0.1, -0.05) is 18.9 Å². The molecule has 0 amide bonds. The Morgan fingerprint density at radius 1 is 1.44 bits per heavy atom. The van der Waals surface area contributed by atoms with E-state index in [1.54, 1.807) is 12.4 Å². The summed E-state index contributed by atoms with van der Waals surface area (Å²) in [7, 11) is 0. The number of pyridine rings is 1. The topological polar surface area (TPSA) is 45.2 Å². The molecule has 1 aromatic rings. The smallest absolute Gasteiger partial charge is 0.104 e. The molecule has 1 saturated heterocycles. The largest absolute Gasteiger partial charge is 0.384 e. The molecule has 2 unspecified atom stereocenters. The molecule has 88 valence electrons. The number of hydrogen-bond donors (Lipinski definition) is 2. The quantitative estimate of drug-likeness (QED) is 0.799. The minimum atomic E-state index is -0.821. The van der Waals surface area contributed by atoms with E-state index >= 15 is 0 Å². The van der Waals surface area contributed by atoms with E-state index in [-0.39, 0.29) is 6.04 Å². The van der Waals surface area contributed by atoms with Crippen LogP contribution >= 0.6 is 0 Å². The summed E-state index contributed by atoms with van der Waals surface area (Å²) in [5.74, 6) is 0. The lowest BCUT2D eigenvalue weighted by atomic mass is 9.87. The zero-order valence-corrected chi connectivity index (χ0v) is 9.82. The van der Waals surface area contributed by atoms with Gasteiger partial charge in [-0.15, -0.1) is 0 Å². The number of aliphatic hydroxyl groups is 1. The van der Waals surface area contributed by atoms with E-state index in [0.29, 0.717) is 0 Å². The van der Waals surface area contributed by atoms with Gasteiger partial charge >= 0.3 is 0 Å². The van der Waals surface area contributed by atoms with Gasteiger partial charge < -0.3 is 10.4 Å². The highest BCUT2D eigenvalue weighted by molar-refractivity contribution is 5.19. The predicted molar refractivity (Wildman–Crippen MR) is 64.1 cm³/mol. The fourth-order valence-corrected chi connectivity index (χ4v) is 2.37. The molecule has 3 nitrogen and oxygen atoms in total. The van der Waals surface area contributed by atoms with Gasteiger partial charge in [-0.3, -0.25) is 4.98 Å². The number of hydrogen-bond acceptors (Lipinski definition) is 3. The maximum Gasteiger partial charge on any atom is 0.104 e. The lowest BCUT2D eigenvalue weighted by molar-refractivity contribution is 0.0133. The highest BCUT2D eigenvalue weighted by Crippen LogP contribution is 2.28. The third kappa shape index (κ3) is 2.42. The minimum absolute atomic E-state index is 0.138. The van der Waals surface area contributed by atoms with Gasteiger partial charge in [0.25, 0.3) is 0 Å². The Hall–Kier alpha value is -0.930. The van der Waals surface area contributed by atoms with E-state index in [1.807, 2.05) is 19.1 Å². The van der Waals surface area contributed by atoms with Crippen LogP contribution in [0.3, 0.4) is 0 Å². The van der Waals surface area contributed by atoms with Crippen LogP contribution in [0.2, 0.25) is 0 Å². The van der Waals surface area contributed by atoms with Crippen LogP contribution in [0.15, 0.2) is 24.5 Å². The van der Waals surface area contributed by atoms with Crippen molar-refractivity contribution in [1.29, 1.82) is 0 Å². The van der Waals surface area contributed by atoms with E-state index in [0.717, 1.165) is 18.5 Å². The first-order valence-corrected chi connectivity index (χ1v) is 6.07. The van der Waals surface area contributed by atoms with Crippen molar-refractivity contribution >= 4 is 0 Å². The molecule has 2 rings (SSSR count). The Morgan fingerprint density at radius 3 is 3.06 bits per heavy atom. The fraction of sp³-hybridized carbons (Fsp3) is 0.615. The standard InChI is InChI=1S/C13H20N2O/c1-13(16,11-6-5-8-14-10-11)12-7-3-2-4-9-15-12/h5-6,8,10,12,15-16H,2-4,7,9H2,1H3. The summed E-state index contributed by atoms with van der Waals surface area (Å²) < 4.78 is 0. The third-order valence-corrected chi connectivity index (χ3v) is 3.48. The van der Waals surface area contributed by atoms with E-state index in [9.17, 15) is 5.11 Å². The Labute approximate surface area is 96.9 Å². The molecule has 2 heterocycles. The van der Waals surface area contributed by atoms with E-state index in [2.05, 4.69) is 10.3 Å². The lowest BCUT2D eigenvalue weighted by Gasteiger charge is -2.33. The second-order valence-corrected chi connectivity index (χ2v) is 4.75. The van der Waals surface area contributed by atoms with Gasteiger partial charge in [0.1, 0.15) is 5.60 Å². The van der Waals surface area contributed by atoms with Crippen molar-refractivity contribution in [3.8, 4) is 0 Å². The van der Waals surface area contributed by atoms with Gasteiger partial charge in [-0.25, -0.2) is 0 Å².